The molecule has 1 saturated carbocycles. The summed E-state index contributed by atoms with van der Waals surface area (Å²) >= 11 is 0. The van der Waals surface area contributed by atoms with Gasteiger partial charge in [0.25, 0.3) is 0 Å². The number of nitrogens with one attached hydrogen (secondary N) is 1. The molecule has 0 spiro atoms. The van der Waals surface area contributed by atoms with Crippen molar-refractivity contribution in [3.05, 3.63) is 30.1 Å². The monoisotopic (exact) mass is 465 g/mol. The minimum atomic E-state index is -0.392. The first kappa shape index (κ1) is 22.9. The molecule has 34 heavy (non-hydrogen) atoms. The van der Waals surface area contributed by atoms with Gasteiger partial charge >= 0.3 is 6.03 Å². The van der Waals surface area contributed by atoms with E-state index in [0.29, 0.717) is 31.2 Å². The van der Waals surface area contributed by atoms with E-state index in [9.17, 15) is 14.4 Å². The van der Waals surface area contributed by atoms with Crippen LogP contribution in [0.25, 0.3) is 5.52 Å². The highest BCUT2D eigenvalue weighted by molar-refractivity contribution is 6.07. The normalized spacial score (nSPS) is 20.7. The Hall–Kier alpha value is -2.90. The van der Waals surface area contributed by atoms with Crippen molar-refractivity contribution < 1.29 is 14.4 Å². The van der Waals surface area contributed by atoms with Gasteiger partial charge in [0, 0.05) is 38.7 Å². The molecule has 2 saturated heterocycles. The molecule has 0 atom stereocenters. The molecule has 5 rings (SSSR count). The molecular weight excluding hydrogens is 430 g/mol. The second-order valence-corrected chi connectivity index (χ2v) is 10.2. The fourth-order valence-electron chi connectivity index (χ4n) is 5.82. The van der Waals surface area contributed by atoms with Crippen molar-refractivity contribution in [3.8, 4) is 0 Å². The molecule has 8 heteroatoms. The number of hydrogen-bond acceptors (Lipinski definition) is 4. The summed E-state index contributed by atoms with van der Waals surface area (Å²) in [5.41, 5.74) is 2.81. The van der Waals surface area contributed by atoms with E-state index in [4.69, 9.17) is 0 Å². The van der Waals surface area contributed by atoms with E-state index in [0.717, 1.165) is 55.9 Å². The summed E-state index contributed by atoms with van der Waals surface area (Å²) in [5.74, 6) is 1.41. The van der Waals surface area contributed by atoms with E-state index in [1.54, 1.807) is 15.6 Å². The zero-order valence-corrected chi connectivity index (χ0v) is 19.9. The molecule has 3 aliphatic rings. The van der Waals surface area contributed by atoms with Crippen LogP contribution < -0.4 is 10.2 Å². The average Bonchev–Trinajstić information content (AvgIpc) is 3.27. The minimum Gasteiger partial charge on any atom is -0.343 e. The lowest BCUT2D eigenvalue weighted by atomic mass is 9.86. The highest BCUT2D eigenvalue weighted by Crippen LogP contribution is 2.29. The van der Waals surface area contributed by atoms with E-state index < -0.39 is 6.03 Å². The molecule has 1 aliphatic carbocycles. The number of nitrogens with zero attached hydrogens (tertiary/aromatic N) is 4. The standard InChI is InChI=1S/C26H35N5O3/c32-24-11-14-30(26(34)28-24)23-18-27-31-15-10-21(17-22(23)31)16-20-8-12-29(13-9-20)25(33)7-6-19-4-2-1-3-5-19/h10,15,17-20H,1-9,11-14,16H2,(H,28,32,34). The SMILES string of the molecule is O=C1CCN(c2cnn3ccc(CC4CCN(C(=O)CCC5CCCCC5)CC4)cc23)C(=O)N1. The molecule has 1 N–H and O–H groups in total. The highest BCUT2D eigenvalue weighted by atomic mass is 16.2. The van der Waals surface area contributed by atoms with E-state index in [1.807, 2.05) is 6.20 Å². The summed E-state index contributed by atoms with van der Waals surface area (Å²) in [6.45, 7) is 2.08. The van der Waals surface area contributed by atoms with E-state index in [1.165, 1.54) is 37.7 Å². The number of imide groups is 1. The van der Waals surface area contributed by atoms with Crippen molar-refractivity contribution >= 4 is 29.0 Å². The van der Waals surface area contributed by atoms with Crippen molar-refractivity contribution in [2.45, 2.75) is 70.6 Å². The zero-order chi connectivity index (χ0) is 23.5. The maximum Gasteiger partial charge on any atom is 0.328 e. The summed E-state index contributed by atoms with van der Waals surface area (Å²) in [7, 11) is 0. The van der Waals surface area contributed by atoms with Crippen LogP contribution in [0.4, 0.5) is 10.5 Å². The highest BCUT2D eigenvalue weighted by Gasteiger charge is 2.27. The van der Waals surface area contributed by atoms with Crippen molar-refractivity contribution in [1.82, 2.24) is 19.8 Å². The maximum atomic E-state index is 12.7. The number of hydrogen-bond donors (Lipinski definition) is 1. The summed E-state index contributed by atoms with van der Waals surface area (Å²) in [6.07, 6.45) is 15.4. The smallest absolute Gasteiger partial charge is 0.328 e. The van der Waals surface area contributed by atoms with Gasteiger partial charge in [-0.25, -0.2) is 9.31 Å². The van der Waals surface area contributed by atoms with Crippen LogP contribution in [0.1, 0.15) is 69.8 Å². The van der Waals surface area contributed by atoms with Gasteiger partial charge in [-0.05, 0) is 55.2 Å². The number of piperidine rings is 1. The van der Waals surface area contributed by atoms with Crippen LogP contribution >= 0.6 is 0 Å². The number of aromatic nitrogens is 2. The van der Waals surface area contributed by atoms with Gasteiger partial charge in [0.05, 0.1) is 17.4 Å². The van der Waals surface area contributed by atoms with Gasteiger partial charge < -0.3 is 4.90 Å². The lowest BCUT2D eigenvalue weighted by molar-refractivity contribution is -0.133. The van der Waals surface area contributed by atoms with Crippen LogP contribution in [0.3, 0.4) is 0 Å². The Labute approximate surface area is 200 Å². The van der Waals surface area contributed by atoms with Crippen molar-refractivity contribution in [2.24, 2.45) is 11.8 Å². The number of urea groups is 1. The van der Waals surface area contributed by atoms with Gasteiger partial charge in [-0.1, -0.05) is 32.1 Å². The second kappa shape index (κ2) is 10.2. The van der Waals surface area contributed by atoms with Gasteiger partial charge in [-0.3, -0.25) is 19.8 Å². The van der Waals surface area contributed by atoms with Crippen LogP contribution in [-0.2, 0) is 16.0 Å². The van der Waals surface area contributed by atoms with E-state index in [2.05, 4.69) is 27.4 Å². The number of rotatable bonds is 6. The lowest BCUT2D eigenvalue weighted by Crippen LogP contribution is -2.49. The first-order chi connectivity index (χ1) is 16.6. The van der Waals surface area contributed by atoms with Gasteiger partial charge in [-0.15, -0.1) is 0 Å². The van der Waals surface area contributed by atoms with Gasteiger partial charge in [-0.2, -0.15) is 5.10 Å². The Kier molecular flexibility index (Phi) is 6.83. The number of pyridine rings is 1. The number of likely N-dealkylation sites (tertiary alicyclic amines) is 1. The quantitative estimate of drug-likeness (QED) is 0.700. The molecule has 0 aromatic carbocycles. The Balaban J connectivity index is 1.16. The maximum absolute atomic E-state index is 12.7. The fourth-order valence-corrected chi connectivity index (χ4v) is 5.82. The molecule has 182 valence electrons. The van der Waals surface area contributed by atoms with Crippen molar-refractivity contribution in [1.29, 1.82) is 0 Å². The molecule has 2 aromatic heterocycles. The van der Waals surface area contributed by atoms with Crippen molar-refractivity contribution in [3.63, 3.8) is 0 Å². The van der Waals surface area contributed by atoms with Gasteiger partial charge in [0.1, 0.15) is 0 Å². The van der Waals surface area contributed by atoms with Crippen LogP contribution in [0, 0.1) is 11.8 Å². The fraction of sp³-hybridized carbons (Fsp3) is 0.615. The topological polar surface area (TPSA) is 87.0 Å². The molecular formula is C26H35N5O3. The third-order valence-corrected chi connectivity index (χ3v) is 7.89. The summed E-state index contributed by atoms with van der Waals surface area (Å²) in [6, 6.07) is 3.80. The Morgan fingerprint density at radius 3 is 2.59 bits per heavy atom. The summed E-state index contributed by atoms with van der Waals surface area (Å²) in [5, 5.41) is 6.76. The van der Waals surface area contributed by atoms with E-state index in [-0.39, 0.29) is 5.91 Å². The minimum absolute atomic E-state index is 0.239. The van der Waals surface area contributed by atoms with E-state index >= 15 is 0 Å². The Morgan fingerprint density at radius 1 is 1.03 bits per heavy atom. The zero-order valence-electron chi connectivity index (χ0n) is 19.9. The summed E-state index contributed by atoms with van der Waals surface area (Å²) < 4.78 is 1.77. The predicted molar refractivity (Wildman–Crippen MR) is 130 cm³/mol. The second-order valence-electron chi connectivity index (χ2n) is 10.2. The molecule has 8 nitrogen and oxygen atoms in total. The number of carbonyl (C=O) groups excluding carboxylic acids is 3. The van der Waals surface area contributed by atoms with Crippen LogP contribution in [0.5, 0.6) is 0 Å². The molecule has 0 unspecified atom stereocenters. The average molecular weight is 466 g/mol. The summed E-state index contributed by atoms with van der Waals surface area (Å²) in [4.78, 5) is 40.2. The van der Waals surface area contributed by atoms with Crippen LogP contribution in [0.2, 0.25) is 0 Å². The lowest BCUT2D eigenvalue weighted by Gasteiger charge is -2.33. The third-order valence-electron chi connectivity index (χ3n) is 7.89. The van der Waals surface area contributed by atoms with Gasteiger partial charge in [0.15, 0.2) is 0 Å². The van der Waals surface area contributed by atoms with Crippen LogP contribution in [-0.4, -0.2) is 52.0 Å². The molecule has 4 amide bonds. The molecule has 3 fully saturated rings. The number of carbonyl (C=O) groups is 3. The predicted octanol–water partition coefficient (Wildman–Crippen LogP) is 3.92. The molecule has 2 aliphatic heterocycles. The molecule has 0 radical (unpaired) electrons. The first-order valence-electron chi connectivity index (χ1n) is 12.9. The Morgan fingerprint density at radius 2 is 1.82 bits per heavy atom. The largest absolute Gasteiger partial charge is 0.343 e. The Bertz CT molecular complexity index is 1050. The molecule has 4 heterocycles. The van der Waals surface area contributed by atoms with Crippen LogP contribution in [0.15, 0.2) is 24.5 Å². The number of amides is 4. The number of anilines is 1. The molecule has 0 bridgehead atoms. The molecule has 2 aromatic rings. The third kappa shape index (κ3) is 5.10. The van der Waals surface area contributed by atoms with Crippen molar-refractivity contribution in [2.75, 3.05) is 24.5 Å². The first-order valence-corrected chi connectivity index (χ1v) is 12.9. The van der Waals surface area contributed by atoms with Gasteiger partial charge in [0.2, 0.25) is 11.8 Å². The number of fused-ring (bicyclic) bond motifs is 1.